The van der Waals surface area contributed by atoms with Crippen LogP contribution in [0.4, 0.5) is 5.69 Å². The molecule has 0 saturated heterocycles. The molecule has 2 aromatic heterocycles. The van der Waals surface area contributed by atoms with Gasteiger partial charge in [-0.2, -0.15) is 5.26 Å². The second-order valence-electron chi connectivity index (χ2n) is 16.0. The van der Waals surface area contributed by atoms with Crippen molar-refractivity contribution >= 4 is 64.0 Å². The zero-order valence-corrected chi connectivity index (χ0v) is 40.8. The fraction of sp³-hybridized carbons (Fsp3) is 0.269. The lowest BCUT2D eigenvalue weighted by molar-refractivity contribution is -0.142. The fourth-order valence-electron chi connectivity index (χ4n) is 7.36. The molecule has 0 bridgehead atoms. The third-order valence-electron chi connectivity index (χ3n) is 11.1. The smallest absolute Gasteiger partial charge is 0.320 e. The summed E-state index contributed by atoms with van der Waals surface area (Å²) >= 11 is 27.7. The van der Waals surface area contributed by atoms with Crippen molar-refractivity contribution in [2.45, 2.75) is 78.0 Å². The highest BCUT2D eigenvalue weighted by Crippen LogP contribution is 2.40. The summed E-state index contributed by atoms with van der Waals surface area (Å²) in [5.74, 6) is -1.44. The number of benzene rings is 4. The molecule has 0 aliphatic rings. The second-order valence-corrected chi connectivity index (χ2v) is 17.6. The number of halogens is 4. The fourth-order valence-corrected chi connectivity index (χ4v) is 8.41. The summed E-state index contributed by atoms with van der Waals surface area (Å²) in [5.41, 5.74) is 5.71. The van der Waals surface area contributed by atoms with Crippen LogP contribution in [0.5, 0.6) is 23.0 Å². The van der Waals surface area contributed by atoms with Crippen LogP contribution in [-0.4, -0.2) is 49.9 Å². The number of hydrogen-bond acceptors (Lipinski definition) is 11. The van der Waals surface area contributed by atoms with E-state index in [1.54, 1.807) is 54.9 Å². The Bertz CT molecular complexity index is 2710. The van der Waals surface area contributed by atoms with E-state index in [0.717, 1.165) is 0 Å². The van der Waals surface area contributed by atoms with E-state index in [2.05, 4.69) is 26.2 Å². The zero-order valence-electron chi connectivity index (χ0n) is 37.8. The van der Waals surface area contributed by atoms with E-state index < -0.39 is 23.9 Å². The molecule has 362 valence electrons. The minimum atomic E-state index is -1.01. The molecule has 0 aliphatic carbocycles. The quantitative estimate of drug-likeness (QED) is 0.0396. The summed E-state index contributed by atoms with van der Waals surface area (Å²) in [7, 11) is 0. The SMILES string of the molecule is [C-]#[N+]c1cncc(COc2cc(OCc3cccc(-c4cccc(COc5cc(OCc6cncc(C#N)c6)c(CN[C@@H](CCC)C(=O)O)cc5Cl)c4Cl)c3Cl)c(Cl)cc2CC[C@@H](CCO)C(=O)O)c1. The van der Waals surface area contributed by atoms with Gasteiger partial charge in [-0.25, -0.2) is 4.85 Å². The largest absolute Gasteiger partial charge is 0.488 e. The van der Waals surface area contributed by atoms with Crippen molar-refractivity contribution < 1.29 is 43.9 Å². The van der Waals surface area contributed by atoms with Gasteiger partial charge in [0, 0.05) is 83.5 Å². The van der Waals surface area contributed by atoms with Crippen LogP contribution >= 0.6 is 46.4 Å². The lowest BCUT2D eigenvalue weighted by Gasteiger charge is -2.19. The summed E-state index contributed by atoms with van der Waals surface area (Å²) in [5, 5.41) is 42.5. The normalized spacial score (nSPS) is 11.8. The first-order chi connectivity index (χ1) is 33.8. The van der Waals surface area contributed by atoms with Crippen molar-refractivity contribution in [3.8, 4) is 40.2 Å². The number of nitriles is 1. The molecular weight excluding hydrogens is 980 g/mol. The van der Waals surface area contributed by atoms with Gasteiger partial charge in [0.1, 0.15) is 61.5 Å². The molecule has 0 fully saturated rings. The van der Waals surface area contributed by atoms with Gasteiger partial charge in [-0.3, -0.25) is 19.6 Å². The third-order valence-corrected chi connectivity index (χ3v) is 12.6. The van der Waals surface area contributed by atoms with Gasteiger partial charge in [-0.15, -0.1) is 0 Å². The molecule has 0 saturated carbocycles. The van der Waals surface area contributed by atoms with Crippen LogP contribution in [-0.2, 0) is 49.0 Å². The average Bonchev–Trinajstić information content (AvgIpc) is 3.35. The Kier molecular flexibility index (Phi) is 19.5. The van der Waals surface area contributed by atoms with Gasteiger partial charge in [0.2, 0.25) is 5.69 Å². The summed E-state index contributed by atoms with van der Waals surface area (Å²) < 4.78 is 24.9. The van der Waals surface area contributed by atoms with Crippen molar-refractivity contribution in [1.82, 2.24) is 15.3 Å². The first kappa shape index (κ1) is 52.7. The van der Waals surface area contributed by atoms with Crippen molar-refractivity contribution in [2.75, 3.05) is 6.61 Å². The standard InChI is InChI=1S/C52H47Cl4N5O9/c1-3-6-44(52(65)66)61-25-38-18-43(54)48(20-46(38)68-27-32-15-31(21-57)22-59-23-32)70-30-37-8-5-10-41(50(37)56)40-9-4-7-36(49(40)55)29-69-47-19-45(67-28-33-16-39(58-2)26-60-24-33)35(17-42(47)53)12-11-34(13-14-62)51(63)64/h4-5,7-10,15-20,22-24,26,34,44,61-62H,3,6,11-14,25,27-30H2,1H3,(H,63,64)(H,65,66)/t34-,44-/m0/s1. The number of aromatic nitrogens is 2. The average molecular weight is 1030 g/mol. The highest BCUT2D eigenvalue weighted by Gasteiger charge is 2.22. The molecule has 2 atom stereocenters. The summed E-state index contributed by atoms with van der Waals surface area (Å²) in [6, 6.07) is 22.1. The molecule has 14 nitrogen and oxygen atoms in total. The van der Waals surface area contributed by atoms with Crippen LogP contribution in [0.1, 0.15) is 71.6 Å². The number of nitrogens with zero attached hydrogens (tertiary/aromatic N) is 4. The predicted octanol–water partition coefficient (Wildman–Crippen LogP) is 11.9. The number of carbonyl (C=O) groups is 2. The van der Waals surface area contributed by atoms with Crippen molar-refractivity contribution in [3.05, 3.63) is 168 Å². The van der Waals surface area contributed by atoms with Gasteiger partial charge < -0.3 is 39.6 Å². The van der Waals surface area contributed by atoms with Crippen molar-refractivity contribution in [2.24, 2.45) is 5.92 Å². The lowest BCUT2D eigenvalue weighted by Crippen LogP contribution is -2.36. The van der Waals surface area contributed by atoms with Crippen LogP contribution in [0.25, 0.3) is 16.0 Å². The first-order valence-corrected chi connectivity index (χ1v) is 23.5. The number of ether oxygens (including phenoxy) is 4. The summed E-state index contributed by atoms with van der Waals surface area (Å²) in [4.78, 5) is 35.4. The van der Waals surface area contributed by atoms with E-state index >= 15 is 0 Å². The Hall–Kier alpha value is -6.62. The molecule has 2 heterocycles. The highest BCUT2D eigenvalue weighted by atomic mass is 35.5. The van der Waals surface area contributed by atoms with Crippen LogP contribution in [0, 0.1) is 23.8 Å². The van der Waals surface area contributed by atoms with Gasteiger partial charge in [0.25, 0.3) is 0 Å². The minimum absolute atomic E-state index is 0.00558. The molecular formula is C52H47Cl4N5O9. The summed E-state index contributed by atoms with van der Waals surface area (Å²) in [6.45, 7) is 9.22. The Morgan fingerprint density at radius 1 is 0.700 bits per heavy atom. The molecule has 18 heteroatoms. The maximum Gasteiger partial charge on any atom is 0.320 e. The third kappa shape index (κ3) is 14.2. The number of nitrogens with one attached hydrogen (secondary N) is 1. The number of carboxylic acids is 2. The van der Waals surface area contributed by atoms with Gasteiger partial charge >= 0.3 is 11.9 Å². The van der Waals surface area contributed by atoms with Gasteiger partial charge in [-0.05, 0) is 61.1 Å². The molecule has 4 aromatic carbocycles. The molecule has 6 aromatic rings. The van der Waals surface area contributed by atoms with Crippen LogP contribution in [0.15, 0.2) is 97.6 Å². The maximum absolute atomic E-state index is 11.9. The molecule has 70 heavy (non-hydrogen) atoms. The van der Waals surface area contributed by atoms with E-state index in [9.17, 15) is 30.2 Å². The van der Waals surface area contributed by atoms with E-state index in [0.29, 0.717) is 90.1 Å². The number of hydrogen-bond donors (Lipinski definition) is 4. The molecule has 0 aliphatic heterocycles. The molecule has 6 rings (SSSR count). The lowest BCUT2D eigenvalue weighted by atomic mass is 9.96. The number of aryl methyl sites for hydroxylation is 1. The molecule has 0 radical (unpaired) electrons. The Morgan fingerprint density at radius 3 is 1.80 bits per heavy atom. The van der Waals surface area contributed by atoms with Crippen LogP contribution < -0.4 is 24.3 Å². The van der Waals surface area contributed by atoms with E-state index in [-0.39, 0.29) is 80.4 Å². The van der Waals surface area contributed by atoms with Crippen LogP contribution in [0.2, 0.25) is 20.1 Å². The molecule has 0 spiro atoms. The highest BCUT2D eigenvalue weighted by molar-refractivity contribution is 6.37. The summed E-state index contributed by atoms with van der Waals surface area (Å²) in [6.07, 6.45) is 7.76. The monoisotopic (exact) mass is 1030 g/mol. The van der Waals surface area contributed by atoms with E-state index in [1.165, 1.54) is 12.4 Å². The number of carboxylic acid groups (broad SMARTS) is 2. The van der Waals surface area contributed by atoms with Gasteiger partial charge in [0.05, 0.1) is 38.1 Å². The zero-order chi connectivity index (χ0) is 50.2. The Morgan fingerprint density at radius 2 is 1.26 bits per heavy atom. The van der Waals surface area contributed by atoms with E-state index in [1.807, 2.05) is 37.3 Å². The maximum atomic E-state index is 11.9. The molecule has 0 amide bonds. The number of aliphatic carboxylic acids is 2. The number of pyridine rings is 2. The number of aliphatic hydroxyl groups excluding tert-OH is 1. The molecule has 0 unspecified atom stereocenters. The second kappa shape index (κ2) is 25.8. The van der Waals surface area contributed by atoms with Gasteiger partial charge in [-0.1, -0.05) is 96.1 Å². The van der Waals surface area contributed by atoms with Crippen LogP contribution in [0.3, 0.4) is 0 Å². The first-order valence-electron chi connectivity index (χ1n) is 22.0. The van der Waals surface area contributed by atoms with Crippen molar-refractivity contribution in [1.29, 1.82) is 5.26 Å². The Labute approximate surface area is 425 Å². The van der Waals surface area contributed by atoms with Crippen molar-refractivity contribution in [3.63, 3.8) is 0 Å². The predicted molar refractivity (Wildman–Crippen MR) is 266 cm³/mol. The van der Waals surface area contributed by atoms with Gasteiger partial charge in [0.15, 0.2) is 0 Å². The van der Waals surface area contributed by atoms with E-state index in [4.69, 9.17) is 71.9 Å². The Balaban J connectivity index is 1.21. The topological polar surface area (TPSA) is 198 Å². The molecule has 4 N–H and O–H groups in total. The number of rotatable bonds is 25. The number of aliphatic hydroxyl groups is 1. The minimum Gasteiger partial charge on any atom is -0.488 e.